The maximum absolute atomic E-state index is 11.4. The van der Waals surface area contributed by atoms with E-state index in [-0.39, 0.29) is 18.0 Å². The van der Waals surface area contributed by atoms with Gasteiger partial charge in [0.15, 0.2) is 0 Å². The number of ether oxygens (including phenoxy) is 1. The van der Waals surface area contributed by atoms with Gasteiger partial charge in [0.05, 0.1) is 25.3 Å². The second-order valence-electron chi connectivity index (χ2n) is 3.49. The molecule has 1 aliphatic rings. The first-order valence-corrected chi connectivity index (χ1v) is 4.87. The zero-order chi connectivity index (χ0) is 9.68. The van der Waals surface area contributed by atoms with Gasteiger partial charge in [-0.05, 0) is 6.42 Å². The van der Waals surface area contributed by atoms with Gasteiger partial charge in [0.25, 0.3) is 0 Å². The van der Waals surface area contributed by atoms with Gasteiger partial charge in [-0.1, -0.05) is 19.8 Å². The molecule has 0 aromatic carbocycles. The highest BCUT2D eigenvalue weighted by atomic mass is 16.5. The molecule has 76 valence electrons. The van der Waals surface area contributed by atoms with Crippen molar-refractivity contribution in [3.8, 4) is 0 Å². The summed E-state index contributed by atoms with van der Waals surface area (Å²) in [4.78, 5) is 11.4. The van der Waals surface area contributed by atoms with Crippen molar-refractivity contribution >= 4 is 5.91 Å². The monoisotopic (exact) mass is 186 g/mol. The Labute approximate surface area is 78.8 Å². The van der Waals surface area contributed by atoms with Gasteiger partial charge in [-0.15, -0.1) is 0 Å². The molecule has 1 rings (SSSR count). The van der Waals surface area contributed by atoms with E-state index < -0.39 is 0 Å². The molecule has 0 aromatic heterocycles. The van der Waals surface area contributed by atoms with Crippen LogP contribution in [0.25, 0.3) is 0 Å². The third kappa shape index (κ3) is 3.32. The Morgan fingerprint density at radius 2 is 2.38 bits per heavy atom. The summed E-state index contributed by atoms with van der Waals surface area (Å²) in [5.41, 5.74) is 5.68. The molecule has 0 radical (unpaired) electrons. The minimum atomic E-state index is -0.347. The van der Waals surface area contributed by atoms with Crippen LogP contribution in [0, 0.1) is 0 Å². The van der Waals surface area contributed by atoms with Crippen LogP contribution in [0.15, 0.2) is 0 Å². The predicted molar refractivity (Wildman–Crippen MR) is 50.3 cm³/mol. The zero-order valence-corrected chi connectivity index (χ0v) is 8.08. The largest absolute Gasteiger partial charge is 0.377 e. The van der Waals surface area contributed by atoms with Crippen LogP contribution in [0.1, 0.15) is 26.2 Å². The first-order chi connectivity index (χ1) is 6.24. The highest BCUT2D eigenvalue weighted by molar-refractivity contribution is 5.81. The van der Waals surface area contributed by atoms with Gasteiger partial charge in [-0.2, -0.15) is 0 Å². The summed E-state index contributed by atoms with van der Waals surface area (Å²) < 4.78 is 4.94. The number of hydrogen-bond donors (Lipinski definition) is 2. The maximum Gasteiger partial charge on any atom is 0.237 e. The molecule has 0 bridgehead atoms. The summed E-state index contributed by atoms with van der Waals surface area (Å²) in [6, 6.07) is -0.152. The molecule has 1 saturated heterocycles. The maximum atomic E-state index is 11.4. The summed E-state index contributed by atoms with van der Waals surface area (Å²) in [6.07, 6.45) is 2.86. The number of carbonyl (C=O) groups is 1. The Balaban J connectivity index is 2.13. The van der Waals surface area contributed by atoms with E-state index in [2.05, 4.69) is 12.2 Å². The number of carbonyl (C=O) groups excluding carboxylic acids is 1. The molecule has 0 aromatic rings. The van der Waals surface area contributed by atoms with Crippen molar-refractivity contribution in [3.63, 3.8) is 0 Å². The Hall–Kier alpha value is -0.610. The van der Waals surface area contributed by atoms with Crippen molar-refractivity contribution in [1.82, 2.24) is 5.32 Å². The molecule has 4 nitrogen and oxygen atoms in total. The summed E-state index contributed by atoms with van der Waals surface area (Å²) >= 11 is 0. The van der Waals surface area contributed by atoms with E-state index in [0.29, 0.717) is 13.2 Å². The quantitative estimate of drug-likeness (QED) is 0.636. The van der Waals surface area contributed by atoms with Gasteiger partial charge in [0, 0.05) is 0 Å². The minimum Gasteiger partial charge on any atom is -0.377 e. The fourth-order valence-electron chi connectivity index (χ4n) is 1.18. The second-order valence-corrected chi connectivity index (χ2v) is 3.49. The molecule has 3 N–H and O–H groups in total. The molecular weight excluding hydrogens is 168 g/mol. The molecule has 1 amide bonds. The van der Waals surface area contributed by atoms with Crippen LogP contribution in [0.5, 0.6) is 0 Å². The topological polar surface area (TPSA) is 64.4 Å². The fraction of sp³-hybridized carbons (Fsp3) is 0.889. The zero-order valence-electron chi connectivity index (χ0n) is 8.08. The van der Waals surface area contributed by atoms with E-state index in [1.807, 2.05) is 0 Å². The third-order valence-corrected chi connectivity index (χ3v) is 2.19. The summed E-state index contributed by atoms with van der Waals surface area (Å²) in [5, 5.41) is 2.84. The Kier molecular flexibility index (Phi) is 4.18. The normalized spacial score (nSPS) is 19.2. The number of nitrogens with two attached hydrogens (primary N) is 1. The van der Waals surface area contributed by atoms with E-state index >= 15 is 0 Å². The number of amides is 1. The highest BCUT2D eigenvalue weighted by Crippen LogP contribution is 2.02. The van der Waals surface area contributed by atoms with Gasteiger partial charge in [0.1, 0.15) is 0 Å². The number of hydrogen-bond acceptors (Lipinski definition) is 3. The molecule has 0 saturated carbocycles. The molecule has 0 aliphatic carbocycles. The molecule has 4 heteroatoms. The molecule has 13 heavy (non-hydrogen) atoms. The lowest BCUT2D eigenvalue weighted by molar-refractivity contribution is -0.126. The van der Waals surface area contributed by atoms with Gasteiger partial charge < -0.3 is 15.8 Å². The van der Waals surface area contributed by atoms with Crippen LogP contribution in [-0.2, 0) is 9.53 Å². The summed E-state index contributed by atoms with van der Waals surface area (Å²) in [7, 11) is 0. The van der Waals surface area contributed by atoms with E-state index in [4.69, 9.17) is 10.5 Å². The lowest BCUT2D eigenvalue weighted by Crippen LogP contribution is -2.53. The second kappa shape index (κ2) is 5.19. The lowest BCUT2D eigenvalue weighted by Gasteiger charge is -2.28. The van der Waals surface area contributed by atoms with Crippen molar-refractivity contribution in [2.24, 2.45) is 5.73 Å². The molecule has 1 aliphatic heterocycles. The van der Waals surface area contributed by atoms with E-state index in [1.54, 1.807) is 0 Å². The summed E-state index contributed by atoms with van der Waals surface area (Å²) in [6.45, 7) is 3.35. The predicted octanol–water partition coefficient (Wildman–Crippen LogP) is 0.0189. The lowest BCUT2D eigenvalue weighted by atomic mass is 10.1. The smallest absolute Gasteiger partial charge is 0.237 e. The van der Waals surface area contributed by atoms with Crippen molar-refractivity contribution in [2.45, 2.75) is 38.3 Å². The Morgan fingerprint density at radius 1 is 1.69 bits per heavy atom. The van der Waals surface area contributed by atoms with Gasteiger partial charge in [-0.3, -0.25) is 4.79 Å². The van der Waals surface area contributed by atoms with Gasteiger partial charge >= 0.3 is 0 Å². The highest BCUT2D eigenvalue weighted by Gasteiger charge is 2.22. The fourth-order valence-corrected chi connectivity index (χ4v) is 1.18. The Morgan fingerprint density at radius 3 is 2.85 bits per heavy atom. The summed E-state index contributed by atoms with van der Waals surface area (Å²) in [5.74, 6) is -0.0400. The van der Waals surface area contributed by atoms with Crippen LogP contribution in [0.2, 0.25) is 0 Å². The first-order valence-electron chi connectivity index (χ1n) is 4.87. The molecule has 0 spiro atoms. The average Bonchev–Trinajstić information content (AvgIpc) is 2.06. The third-order valence-electron chi connectivity index (χ3n) is 2.19. The van der Waals surface area contributed by atoms with Crippen LogP contribution in [-0.4, -0.2) is 31.2 Å². The van der Waals surface area contributed by atoms with Crippen molar-refractivity contribution < 1.29 is 9.53 Å². The number of rotatable bonds is 5. The SMILES string of the molecule is CCCC[C@H](N)C(=O)NC1COC1. The molecule has 1 fully saturated rings. The first kappa shape index (κ1) is 10.5. The van der Waals surface area contributed by atoms with Crippen LogP contribution in [0.3, 0.4) is 0 Å². The standard InChI is InChI=1S/C9H18N2O2/c1-2-3-4-8(10)9(12)11-7-5-13-6-7/h7-8H,2-6,10H2,1H3,(H,11,12)/t8-/m0/s1. The van der Waals surface area contributed by atoms with Crippen molar-refractivity contribution in [3.05, 3.63) is 0 Å². The van der Waals surface area contributed by atoms with Gasteiger partial charge in [-0.25, -0.2) is 0 Å². The Bertz CT molecular complexity index is 169. The molecule has 0 unspecified atom stereocenters. The van der Waals surface area contributed by atoms with E-state index in [0.717, 1.165) is 19.3 Å². The number of unbranched alkanes of at least 4 members (excludes halogenated alkanes) is 1. The van der Waals surface area contributed by atoms with Crippen molar-refractivity contribution in [1.29, 1.82) is 0 Å². The van der Waals surface area contributed by atoms with Crippen LogP contribution < -0.4 is 11.1 Å². The molecular formula is C9H18N2O2. The van der Waals surface area contributed by atoms with E-state index in [9.17, 15) is 4.79 Å². The average molecular weight is 186 g/mol. The van der Waals surface area contributed by atoms with Gasteiger partial charge in [0.2, 0.25) is 5.91 Å². The minimum absolute atomic E-state index is 0.0400. The van der Waals surface area contributed by atoms with Crippen LogP contribution >= 0.6 is 0 Å². The van der Waals surface area contributed by atoms with Crippen LogP contribution in [0.4, 0.5) is 0 Å². The number of nitrogens with one attached hydrogen (secondary N) is 1. The van der Waals surface area contributed by atoms with E-state index in [1.165, 1.54) is 0 Å². The molecule has 1 atom stereocenters. The molecule has 1 heterocycles. The van der Waals surface area contributed by atoms with Crippen molar-refractivity contribution in [2.75, 3.05) is 13.2 Å².